The van der Waals surface area contributed by atoms with Crippen molar-refractivity contribution in [3.05, 3.63) is 44.2 Å². The summed E-state index contributed by atoms with van der Waals surface area (Å²) in [5, 5.41) is 19.2. The lowest BCUT2D eigenvalue weighted by Crippen LogP contribution is -2.23. The fourth-order valence-corrected chi connectivity index (χ4v) is 2.06. The number of carboxylic acid groups (broad SMARTS) is 1. The largest absolute Gasteiger partial charge is 0.480 e. The van der Waals surface area contributed by atoms with Gasteiger partial charge in [0.15, 0.2) is 0 Å². The topological polar surface area (TPSA) is 97.1 Å². The number of hydrogen-bond donors (Lipinski definition) is 2. The first-order valence-electron chi connectivity index (χ1n) is 5.80. The van der Waals surface area contributed by atoms with Crippen molar-refractivity contribution >= 4 is 46.1 Å². The molecular formula is C12H10ClIN4O3. The maximum atomic E-state index is 11.9. The standard InChI is InChI=1S/C12H10ClIN4O3/c13-9-3-7(1-2-10(9)14)12(21)15-4-8-5-18(17-16-8)6-11(19)20/h1-3,5H,4,6H2,(H,15,21)(H,19,20). The third kappa shape index (κ3) is 4.39. The molecule has 1 aromatic heterocycles. The molecule has 110 valence electrons. The van der Waals surface area contributed by atoms with Gasteiger partial charge in [0.05, 0.1) is 17.8 Å². The molecule has 1 amide bonds. The molecule has 0 atom stereocenters. The summed E-state index contributed by atoms with van der Waals surface area (Å²) in [6, 6.07) is 5.01. The lowest BCUT2D eigenvalue weighted by Gasteiger charge is -2.04. The van der Waals surface area contributed by atoms with Crippen molar-refractivity contribution in [2.75, 3.05) is 0 Å². The summed E-state index contributed by atoms with van der Waals surface area (Å²) in [6.45, 7) is -0.115. The molecule has 0 unspecified atom stereocenters. The molecule has 1 heterocycles. The van der Waals surface area contributed by atoms with Crippen LogP contribution >= 0.6 is 34.2 Å². The van der Waals surface area contributed by atoms with Gasteiger partial charge in [0.1, 0.15) is 12.2 Å². The lowest BCUT2D eigenvalue weighted by molar-refractivity contribution is -0.137. The highest BCUT2D eigenvalue weighted by molar-refractivity contribution is 14.1. The Morgan fingerprint density at radius 3 is 2.86 bits per heavy atom. The highest BCUT2D eigenvalue weighted by Gasteiger charge is 2.09. The van der Waals surface area contributed by atoms with Gasteiger partial charge in [-0.05, 0) is 40.8 Å². The molecule has 0 fully saturated rings. The van der Waals surface area contributed by atoms with Gasteiger partial charge in [0, 0.05) is 9.13 Å². The molecular weight excluding hydrogens is 411 g/mol. The Kier molecular flexibility index (Phi) is 5.12. The quantitative estimate of drug-likeness (QED) is 0.716. The molecule has 21 heavy (non-hydrogen) atoms. The van der Waals surface area contributed by atoms with E-state index in [1.165, 1.54) is 10.9 Å². The zero-order chi connectivity index (χ0) is 15.4. The van der Waals surface area contributed by atoms with Crippen LogP contribution in [0.25, 0.3) is 0 Å². The number of nitrogens with zero attached hydrogens (tertiary/aromatic N) is 3. The van der Waals surface area contributed by atoms with E-state index in [1.807, 2.05) is 0 Å². The molecule has 0 spiro atoms. The van der Waals surface area contributed by atoms with E-state index < -0.39 is 5.97 Å². The molecule has 9 heteroatoms. The van der Waals surface area contributed by atoms with Gasteiger partial charge in [-0.25, -0.2) is 4.68 Å². The number of nitrogens with one attached hydrogen (secondary N) is 1. The zero-order valence-electron chi connectivity index (χ0n) is 10.6. The van der Waals surface area contributed by atoms with Gasteiger partial charge in [0.25, 0.3) is 5.91 Å². The molecule has 0 saturated carbocycles. The van der Waals surface area contributed by atoms with Gasteiger partial charge in [-0.1, -0.05) is 16.8 Å². The number of benzene rings is 1. The Morgan fingerprint density at radius 1 is 1.43 bits per heavy atom. The Hall–Kier alpha value is -1.68. The summed E-state index contributed by atoms with van der Waals surface area (Å²) < 4.78 is 2.05. The number of amides is 1. The monoisotopic (exact) mass is 420 g/mol. The highest BCUT2D eigenvalue weighted by Crippen LogP contribution is 2.19. The summed E-state index contributed by atoms with van der Waals surface area (Å²) in [6.07, 6.45) is 1.47. The molecule has 1 aromatic carbocycles. The fourth-order valence-electron chi connectivity index (χ4n) is 1.55. The summed E-state index contributed by atoms with van der Waals surface area (Å²) in [5.74, 6) is -1.30. The highest BCUT2D eigenvalue weighted by atomic mass is 127. The van der Waals surface area contributed by atoms with Crippen molar-refractivity contribution in [3.8, 4) is 0 Å². The maximum absolute atomic E-state index is 11.9. The molecule has 2 aromatic rings. The minimum absolute atomic E-state index is 0.155. The van der Waals surface area contributed by atoms with Crippen LogP contribution in [0, 0.1) is 3.57 Å². The zero-order valence-corrected chi connectivity index (χ0v) is 13.5. The second-order valence-electron chi connectivity index (χ2n) is 4.11. The molecule has 0 bridgehead atoms. The van der Waals surface area contributed by atoms with Gasteiger partial charge in [-0.3, -0.25) is 9.59 Å². The third-order valence-corrected chi connectivity index (χ3v) is 4.07. The number of carboxylic acids is 1. The average molecular weight is 421 g/mol. The summed E-state index contributed by atoms with van der Waals surface area (Å²) in [7, 11) is 0. The minimum Gasteiger partial charge on any atom is -0.480 e. The van der Waals surface area contributed by atoms with Crippen LogP contribution in [0.15, 0.2) is 24.4 Å². The first-order valence-corrected chi connectivity index (χ1v) is 7.25. The van der Waals surface area contributed by atoms with Crippen LogP contribution in [0.3, 0.4) is 0 Å². The van der Waals surface area contributed by atoms with Crippen LogP contribution < -0.4 is 5.32 Å². The van der Waals surface area contributed by atoms with Gasteiger partial charge in [-0.15, -0.1) is 5.10 Å². The van der Waals surface area contributed by atoms with Crippen LogP contribution in [0.4, 0.5) is 0 Å². The Labute approximate surface area is 138 Å². The van der Waals surface area contributed by atoms with Crippen molar-refractivity contribution in [3.63, 3.8) is 0 Å². The first kappa shape index (κ1) is 15.7. The minimum atomic E-state index is -1.01. The molecule has 2 rings (SSSR count). The Balaban J connectivity index is 1.95. The number of carbonyl (C=O) groups is 2. The van der Waals surface area contributed by atoms with Gasteiger partial charge in [-0.2, -0.15) is 0 Å². The van der Waals surface area contributed by atoms with E-state index in [9.17, 15) is 9.59 Å². The van der Waals surface area contributed by atoms with E-state index in [4.69, 9.17) is 16.7 Å². The Bertz CT molecular complexity index is 689. The van der Waals surface area contributed by atoms with Crippen LogP contribution in [0.5, 0.6) is 0 Å². The van der Waals surface area contributed by atoms with Crippen LogP contribution in [-0.4, -0.2) is 32.0 Å². The lowest BCUT2D eigenvalue weighted by atomic mass is 10.2. The summed E-state index contributed by atoms with van der Waals surface area (Å²) in [5.41, 5.74) is 0.916. The molecule has 7 nitrogen and oxygen atoms in total. The van der Waals surface area contributed by atoms with Crippen molar-refractivity contribution in [1.29, 1.82) is 0 Å². The van der Waals surface area contributed by atoms with Gasteiger partial charge in [0.2, 0.25) is 0 Å². The molecule has 0 aliphatic heterocycles. The smallest absolute Gasteiger partial charge is 0.325 e. The van der Waals surface area contributed by atoms with Crippen LogP contribution in [0.1, 0.15) is 16.1 Å². The van der Waals surface area contributed by atoms with Crippen molar-refractivity contribution < 1.29 is 14.7 Å². The molecule has 0 saturated heterocycles. The van der Waals surface area contributed by atoms with Crippen molar-refractivity contribution in [2.45, 2.75) is 13.1 Å². The summed E-state index contributed by atoms with van der Waals surface area (Å²) in [4.78, 5) is 22.5. The average Bonchev–Trinajstić information content (AvgIpc) is 2.86. The number of aliphatic carboxylic acids is 1. The SMILES string of the molecule is O=C(O)Cn1cc(CNC(=O)c2ccc(I)c(Cl)c2)nn1. The predicted molar refractivity (Wildman–Crippen MR) is 83.0 cm³/mol. The molecule has 0 aliphatic carbocycles. The van der Waals surface area contributed by atoms with E-state index >= 15 is 0 Å². The summed E-state index contributed by atoms with van der Waals surface area (Å²) >= 11 is 8.03. The second-order valence-corrected chi connectivity index (χ2v) is 5.68. The number of rotatable bonds is 5. The van der Waals surface area contributed by atoms with Gasteiger partial charge < -0.3 is 10.4 Å². The second kappa shape index (κ2) is 6.85. The normalized spacial score (nSPS) is 10.4. The van der Waals surface area contributed by atoms with E-state index in [1.54, 1.807) is 18.2 Å². The maximum Gasteiger partial charge on any atom is 0.325 e. The van der Waals surface area contributed by atoms with Crippen LogP contribution in [-0.2, 0) is 17.9 Å². The van der Waals surface area contributed by atoms with Crippen molar-refractivity contribution in [2.24, 2.45) is 0 Å². The van der Waals surface area contributed by atoms with E-state index in [0.717, 1.165) is 3.57 Å². The van der Waals surface area contributed by atoms with Crippen LogP contribution in [0.2, 0.25) is 5.02 Å². The first-order chi connectivity index (χ1) is 9.95. The van der Waals surface area contributed by atoms with E-state index in [0.29, 0.717) is 16.3 Å². The molecule has 0 aliphatic rings. The van der Waals surface area contributed by atoms with E-state index in [-0.39, 0.29) is 19.0 Å². The number of carbonyl (C=O) groups excluding carboxylic acids is 1. The van der Waals surface area contributed by atoms with E-state index in [2.05, 4.69) is 38.2 Å². The molecule has 2 N–H and O–H groups in total. The predicted octanol–water partition coefficient (Wildman–Crippen LogP) is 1.55. The number of hydrogen-bond acceptors (Lipinski definition) is 4. The fraction of sp³-hybridized carbons (Fsp3) is 0.167. The van der Waals surface area contributed by atoms with Gasteiger partial charge >= 0.3 is 5.97 Å². The third-order valence-electron chi connectivity index (χ3n) is 2.50. The van der Waals surface area contributed by atoms with Crippen molar-refractivity contribution in [1.82, 2.24) is 20.3 Å². The Morgan fingerprint density at radius 2 is 2.19 bits per heavy atom. The number of halogens is 2. The molecule has 0 radical (unpaired) electrons. The number of aromatic nitrogens is 3.